The summed E-state index contributed by atoms with van der Waals surface area (Å²) >= 11 is 2.30. The van der Waals surface area contributed by atoms with Crippen LogP contribution < -0.4 is 4.74 Å². The predicted octanol–water partition coefficient (Wildman–Crippen LogP) is 5.16. The Morgan fingerprint density at radius 3 is 2.59 bits per heavy atom. The van der Waals surface area contributed by atoms with Gasteiger partial charge in [0.05, 0.1) is 0 Å². The molecule has 2 aromatic carbocycles. The zero-order valence-corrected chi connectivity index (χ0v) is 14.4. The second kappa shape index (κ2) is 7.09. The number of ether oxygens (including phenoxy) is 1. The highest BCUT2D eigenvalue weighted by atomic mass is 127. The molecule has 3 heteroatoms. The van der Waals surface area contributed by atoms with E-state index in [1.807, 2.05) is 54.6 Å². The van der Waals surface area contributed by atoms with Crippen molar-refractivity contribution in [1.82, 2.24) is 0 Å². The Morgan fingerprint density at radius 2 is 1.82 bits per heavy atom. The third kappa shape index (κ3) is 3.58. The monoisotopic (exact) mass is 404 g/mol. The fraction of sp³-hybridized carbons (Fsp3) is 0.211. The van der Waals surface area contributed by atoms with Gasteiger partial charge in [-0.05, 0) is 58.7 Å². The number of hydrogen-bond acceptors (Lipinski definition) is 2. The maximum atomic E-state index is 12.2. The molecule has 0 aromatic heterocycles. The average molecular weight is 404 g/mol. The largest absolute Gasteiger partial charge is 0.489 e. The van der Waals surface area contributed by atoms with Gasteiger partial charge < -0.3 is 4.74 Å². The lowest BCUT2D eigenvalue weighted by atomic mass is 9.92. The average Bonchev–Trinajstić information content (AvgIpc) is 2.54. The Morgan fingerprint density at radius 1 is 1.00 bits per heavy atom. The van der Waals surface area contributed by atoms with Gasteiger partial charge in [-0.15, -0.1) is 0 Å². The number of rotatable bonds is 4. The van der Waals surface area contributed by atoms with E-state index >= 15 is 0 Å². The first-order valence-corrected chi connectivity index (χ1v) is 8.51. The number of hydrogen-bond donors (Lipinski definition) is 0. The van der Waals surface area contributed by atoms with Gasteiger partial charge in [-0.3, -0.25) is 4.79 Å². The summed E-state index contributed by atoms with van der Waals surface area (Å²) in [5.41, 5.74) is 2.98. The molecule has 0 atom stereocenters. The summed E-state index contributed by atoms with van der Waals surface area (Å²) in [5, 5.41) is 0. The molecule has 2 nitrogen and oxygen atoms in total. The maximum absolute atomic E-state index is 12.2. The van der Waals surface area contributed by atoms with Crippen molar-refractivity contribution >= 4 is 33.9 Å². The topological polar surface area (TPSA) is 26.3 Å². The van der Waals surface area contributed by atoms with Crippen LogP contribution in [0.15, 0.2) is 58.2 Å². The molecular weight excluding hydrogens is 387 g/mol. The van der Waals surface area contributed by atoms with E-state index in [1.165, 1.54) is 0 Å². The Kier molecular flexibility index (Phi) is 4.93. The van der Waals surface area contributed by atoms with E-state index in [0.29, 0.717) is 13.0 Å². The van der Waals surface area contributed by atoms with Crippen molar-refractivity contribution in [1.29, 1.82) is 0 Å². The van der Waals surface area contributed by atoms with Crippen LogP contribution in [-0.2, 0) is 11.4 Å². The van der Waals surface area contributed by atoms with E-state index in [4.69, 9.17) is 4.74 Å². The second-order valence-corrected chi connectivity index (χ2v) is 6.66. The molecule has 0 bridgehead atoms. The van der Waals surface area contributed by atoms with Gasteiger partial charge in [0, 0.05) is 15.6 Å². The summed E-state index contributed by atoms with van der Waals surface area (Å²) in [6.45, 7) is 0.536. The number of Topliss-reactive ketones (excluding diaryl/α,β-unsaturated/α-hetero) is 1. The number of halogens is 1. The molecule has 22 heavy (non-hydrogen) atoms. The van der Waals surface area contributed by atoms with Crippen molar-refractivity contribution in [2.75, 3.05) is 0 Å². The molecule has 2 aromatic rings. The van der Waals surface area contributed by atoms with E-state index in [2.05, 4.69) is 22.6 Å². The van der Waals surface area contributed by atoms with Gasteiger partial charge in [0.25, 0.3) is 0 Å². The maximum Gasteiger partial charge on any atom is 0.164 e. The molecule has 112 valence electrons. The van der Waals surface area contributed by atoms with Crippen LogP contribution in [0.25, 0.3) is 5.57 Å². The molecule has 0 amide bonds. The molecule has 0 N–H and O–H groups in total. The fourth-order valence-corrected chi connectivity index (χ4v) is 3.60. The van der Waals surface area contributed by atoms with Gasteiger partial charge in [-0.25, -0.2) is 0 Å². The summed E-state index contributed by atoms with van der Waals surface area (Å²) in [4.78, 5) is 12.2. The molecule has 0 aliphatic heterocycles. The summed E-state index contributed by atoms with van der Waals surface area (Å²) < 4.78 is 7.02. The SMILES string of the molecule is O=C1CCCC(I)=C1c1cccc(OCc2ccccc2)c1. The Bertz CT molecular complexity index is 704. The number of ketones is 1. The lowest BCUT2D eigenvalue weighted by Crippen LogP contribution is -2.08. The molecule has 0 fully saturated rings. The first-order valence-electron chi connectivity index (χ1n) is 7.43. The van der Waals surface area contributed by atoms with Crippen LogP contribution in [0, 0.1) is 0 Å². The Balaban J connectivity index is 1.79. The van der Waals surface area contributed by atoms with Gasteiger partial charge in [0.15, 0.2) is 5.78 Å². The van der Waals surface area contributed by atoms with Gasteiger partial charge in [-0.2, -0.15) is 0 Å². The van der Waals surface area contributed by atoms with Crippen LogP contribution >= 0.6 is 22.6 Å². The van der Waals surface area contributed by atoms with Crippen molar-refractivity contribution in [2.24, 2.45) is 0 Å². The van der Waals surface area contributed by atoms with Crippen molar-refractivity contribution in [3.05, 3.63) is 69.3 Å². The minimum Gasteiger partial charge on any atom is -0.489 e. The molecule has 0 heterocycles. The van der Waals surface area contributed by atoms with Gasteiger partial charge in [0.1, 0.15) is 12.4 Å². The molecule has 1 aliphatic carbocycles. The highest BCUT2D eigenvalue weighted by Crippen LogP contribution is 2.34. The second-order valence-electron chi connectivity index (χ2n) is 5.36. The summed E-state index contributed by atoms with van der Waals surface area (Å²) in [7, 11) is 0. The molecule has 0 unspecified atom stereocenters. The summed E-state index contributed by atoms with van der Waals surface area (Å²) in [5.74, 6) is 1.05. The van der Waals surface area contributed by atoms with E-state index < -0.39 is 0 Å². The Labute approximate surface area is 144 Å². The van der Waals surface area contributed by atoms with Crippen LogP contribution in [0.1, 0.15) is 30.4 Å². The lowest BCUT2D eigenvalue weighted by Gasteiger charge is -2.16. The molecule has 3 rings (SSSR count). The Hall–Kier alpha value is -1.62. The van der Waals surface area contributed by atoms with E-state index in [1.54, 1.807) is 0 Å². The van der Waals surface area contributed by atoms with Gasteiger partial charge in [0.2, 0.25) is 0 Å². The van der Waals surface area contributed by atoms with Gasteiger partial charge >= 0.3 is 0 Å². The number of benzene rings is 2. The van der Waals surface area contributed by atoms with E-state index in [9.17, 15) is 4.79 Å². The van der Waals surface area contributed by atoms with Crippen LogP contribution in [0.2, 0.25) is 0 Å². The first-order chi connectivity index (χ1) is 10.7. The minimum absolute atomic E-state index is 0.246. The molecular formula is C19H17IO2. The minimum atomic E-state index is 0.246. The van der Waals surface area contributed by atoms with E-state index in [0.717, 1.165) is 38.9 Å². The first kappa shape index (κ1) is 15.3. The molecule has 0 spiro atoms. The molecule has 1 aliphatic rings. The normalized spacial score (nSPS) is 15.0. The third-order valence-corrected chi connectivity index (χ3v) is 4.80. The van der Waals surface area contributed by atoms with Crippen LogP contribution in [0.4, 0.5) is 0 Å². The number of allylic oxidation sites excluding steroid dienone is 2. The quantitative estimate of drug-likeness (QED) is 0.658. The van der Waals surface area contributed by atoms with Crippen molar-refractivity contribution in [3.8, 4) is 5.75 Å². The standard InChI is InChI=1S/C19H17IO2/c20-17-10-5-11-18(21)19(17)15-8-4-9-16(12-15)22-13-14-6-2-1-3-7-14/h1-4,6-9,12H,5,10-11,13H2. The van der Waals surface area contributed by atoms with Crippen LogP contribution in [-0.4, -0.2) is 5.78 Å². The lowest BCUT2D eigenvalue weighted by molar-refractivity contribution is -0.114. The third-order valence-electron chi connectivity index (χ3n) is 3.72. The summed E-state index contributed by atoms with van der Waals surface area (Å²) in [6, 6.07) is 17.9. The molecule has 0 saturated carbocycles. The predicted molar refractivity (Wildman–Crippen MR) is 97.0 cm³/mol. The fourth-order valence-electron chi connectivity index (χ4n) is 2.61. The van der Waals surface area contributed by atoms with Crippen molar-refractivity contribution < 1.29 is 9.53 Å². The van der Waals surface area contributed by atoms with E-state index in [-0.39, 0.29) is 5.78 Å². The number of carbonyl (C=O) groups is 1. The van der Waals surface area contributed by atoms with Crippen LogP contribution in [0.3, 0.4) is 0 Å². The zero-order valence-electron chi connectivity index (χ0n) is 12.2. The summed E-state index contributed by atoms with van der Waals surface area (Å²) in [6.07, 6.45) is 2.61. The highest BCUT2D eigenvalue weighted by molar-refractivity contribution is 14.1. The number of carbonyl (C=O) groups excluding carboxylic acids is 1. The van der Waals surface area contributed by atoms with Crippen molar-refractivity contribution in [2.45, 2.75) is 25.9 Å². The van der Waals surface area contributed by atoms with Crippen molar-refractivity contribution in [3.63, 3.8) is 0 Å². The smallest absolute Gasteiger partial charge is 0.164 e. The zero-order chi connectivity index (χ0) is 15.4. The van der Waals surface area contributed by atoms with Crippen LogP contribution in [0.5, 0.6) is 5.75 Å². The van der Waals surface area contributed by atoms with Gasteiger partial charge in [-0.1, -0.05) is 42.5 Å². The molecule has 0 saturated heterocycles. The molecule has 0 radical (unpaired) electrons. The highest BCUT2D eigenvalue weighted by Gasteiger charge is 2.20.